The van der Waals surface area contributed by atoms with Crippen molar-refractivity contribution in [1.29, 1.82) is 0 Å². The molecule has 0 aliphatic rings. The summed E-state index contributed by atoms with van der Waals surface area (Å²) < 4.78 is 26.3. The van der Waals surface area contributed by atoms with E-state index in [-0.39, 0.29) is 16.4 Å². The van der Waals surface area contributed by atoms with Gasteiger partial charge in [-0.2, -0.15) is 0 Å². The van der Waals surface area contributed by atoms with E-state index in [9.17, 15) is 18.0 Å². The van der Waals surface area contributed by atoms with Crippen molar-refractivity contribution in [2.45, 2.75) is 11.8 Å². The number of nitrogens with one attached hydrogen (secondary N) is 2. The van der Waals surface area contributed by atoms with Gasteiger partial charge in [-0.25, -0.2) is 12.7 Å². The number of carbonyl (C=O) groups is 2. The third-order valence-electron chi connectivity index (χ3n) is 4.01. The Morgan fingerprint density at radius 1 is 1.07 bits per heavy atom. The van der Waals surface area contributed by atoms with Crippen molar-refractivity contribution in [3.8, 4) is 0 Å². The Morgan fingerprint density at radius 2 is 1.74 bits per heavy atom. The molecule has 0 saturated carbocycles. The van der Waals surface area contributed by atoms with Crippen LogP contribution in [0.15, 0.2) is 45.8 Å². The standard InChI is InChI=1S/C18H20BrN3O4S/c1-11-13(18(24)20-2)6-5-7-15(11)21-17(23)12-8-9-14(19)16(10-12)27(25,26)22(3)4/h5-10H,1-4H3,(H,20,24)(H,21,23). The van der Waals surface area contributed by atoms with Gasteiger partial charge in [0.2, 0.25) is 10.0 Å². The van der Waals surface area contributed by atoms with Gasteiger partial charge in [-0.05, 0) is 58.7 Å². The molecule has 0 fully saturated rings. The Bertz CT molecular complexity index is 1000. The molecule has 2 aromatic rings. The summed E-state index contributed by atoms with van der Waals surface area (Å²) in [6, 6.07) is 9.34. The molecule has 0 spiro atoms. The first kappa shape index (κ1) is 21.1. The monoisotopic (exact) mass is 453 g/mol. The van der Waals surface area contributed by atoms with Crippen LogP contribution in [0.3, 0.4) is 0 Å². The van der Waals surface area contributed by atoms with E-state index in [4.69, 9.17) is 0 Å². The molecule has 9 heteroatoms. The van der Waals surface area contributed by atoms with Gasteiger partial charge in [0.15, 0.2) is 0 Å². The first-order chi connectivity index (χ1) is 12.6. The van der Waals surface area contributed by atoms with Crippen LogP contribution in [-0.2, 0) is 10.0 Å². The molecule has 0 aliphatic carbocycles. The minimum absolute atomic E-state index is 0.00372. The van der Waals surface area contributed by atoms with E-state index >= 15 is 0 Å². The third kappa shape index (κ3) is 4.37. The van der Waals surface area contributed by atoms with Crippen molar-refractivity contribution in [3.05, 3.63) is 57.6 Å². The van der Waals surface area contributed by atoms with Crippen LogP contribution in [-0.4, -0.2) is 45.7 Å². The van der Waals surface area contributed by atoms with E-state index in [1.807, 2.05) is 0 Å². The van der Waals surface area contributed by atoms with Crippen molar-refractivity contribution in [1.82, 2.24) is 9.62 Å². The van der Waals surface area contributed by atoms with Crippen LogP contribution in [0.1, 0.15) is 26.3 Å². The largest absolute Gasteiger partial charge is 0.355 e. The fourth-order valence-electron chi connectivity index (χ4n) is 2.39. The van der Waals surface area contributed by atoms with E-state index in [1.165, 1.54) is 39.3 Å². The minimum Gasteiger partial charge on any atom is -0.355 e. The highest BCUT2D eigenvalue weighted by Crippen LogP contribution is 2.26. The zero-order valence-electron chi connectivity index (χ0n) is 15.3. The molecule has 0 bridgehead atoms. The van der Waals surface area contributed by atoms with Gasteiger partial charge < -0.3 is 10.6 Å². The number of benzene rings is 2. The second-order valence-electron chi connectivity index (χ2n) is 5.94. The van der Waals surface area contributed by atoms with Gasteiger partial charge in [-0.15, -0.1) is 0 Å². The number of nitrogens with zero attached hydrogens (tertiary/aromatic N) is 1. The Labute approximate surface area is 166 Å². The van der Waals surface area contributed by atoms with Crippen LogP contribution in [0.4, 0.5) is 5.69 Å². The fraction of sp³-hybridized carbons (Fsp3) is 0.222. The van der Waals surface area contributed by atoms with Crippen LogP contribution in [0, 0.1) is 6.92 Å². The predicted octanol–water partition coefficient (Wildman–Crippen LogP) is 2.62. The summed E-state index contributed by atoms with van der Waals surface area (Å²) in [5.74, 6) is -0.735. The molecule has 0 heterocycles. The van der Waals surface area contributed by atoms with E-state index in [1.54, 1.807) is 25.1 Å². The van der Waals surface area contributed by atoms with Gasteiger partial charge in [-0.3, -0.25) is 9.59 Å². The van der Waals surface area contributed by atoms with Crippen molar-refractivity contribution in [2.24, 2.45) is 0 Å². The predicted molar refractivity (Wildman–Crippen MR) is 108 cm³/mol. The van der Waals surface area contributed by atoms with Crippen LogP contribution in [0.25, 0.3) is 0 Å². The molecule has 0 saturated heterocycles. The normalized spacial score (nSPS) is 11.3. The summed E-state index contributed by atoms with van der Waals surface area (Å²) in [5.41, 5.74) is 1.72. The molecule has 7 nitrogen and oxygen atoms in total. The third-order valence-corrected chi connectivity index (χ3v) is 6.81. The summed E-state index contributed by atoms with van der Waals surface area (Å²) >= 11 is 3.21. The Morgan fingerprint density at radius 3 is 2.33 bits per heavy atom. The number of amides is 2. The summed E-state index contributed by atoms with van der Waals surface area (Å²) in [7, 11) is 0.655. The molecule has 27 heavy (non-hydrogen) atoms. The topological polar surface area (TPSA) is 95.6 Å². The van der Waals surface area contributed by atoms with Gasteiger partial charge in [0.1, 0.15) is 0 Å². The molecule has 0 unspecified atom stereocenters. The lowest BCUT2D eigenvalue weighted by atomic mass is 10.1. The lowest BCUT2D eigenvalue weighted by Crippen LogP contribution is -2.23. The van der Waals surface area contributed by atoms with E-state index in [0.717, 1.165) is 4.31 Å². The second kappa shape index (κ2) is 8.20. The Kier molecular flexibility index (Phi) is 6.40. The van der Waals surface area contributed by atoms with Crippen LogP contribution >= 0.6 is 15.9 Å². The molecule has 0 atom stereocenters. The highest BCUT2D eigenvalue weighted by atomic mass is 79.9. The maximum atomic E-state index is 12.6. The number of anilines is 1. The molecule has 2 N–H and O–H groups in total. The zero-order valence-corrected chi connectivity index (χ0v) is 17.7. The van der Waals surface area contributed by atoms with E-state index < -0.39 is 15.9 Å². The fourth-order valence-corrected chi connectivity index (χ4v) is 4.23. The highest BCUT2D eigenvalue weighted by molar-refractivity contribution is 9.10. The van der Waals surface area contributed by atoms with Crippen LogP contribution in [0.2, 0.25) is 0 Å². The van der Waals surface area contributed by atoms with E-state index in [2.05, 4.69) is 26.6 Å². The van der Waals surface area contributed by atoms with Crippen LogP contribution < -0.4 is 10.6 Å². The van der Waals surface area contributed by atoms with Gasteiger partial charge in [0, 0.05) is 42.4 Å². The molecule has 144 valence electrons. The molecular weight excluding hydrogens is 434 g/mol. The van der Waals surface area contributed by atoms with E-state index in [0.29, 0.717) is 21.3 Å². The van der Waals surface area contributed by atoms with Crippen molar-refractivity contribution >= 4 is 43.5 Å². The van der Waals surface area contributed by atoms with Gasteiger partial charge in [-0.1, -0.05) is 6.07 Å². The average Bonchev–Trinajstić information content (AvgIpc) is 2.62. The molecular formula is C18H20BrN3O4S. The molecule has 2 amide bonds. The number of hydrogen-bond donors (Lipinski definition) is 2. The number of carbonyl (C=O) groups excluding carboxylic acids is 2. The summed E-state index contributed by atoms with van der Waals surface area (Å²) in [6.45, 7) is 1.73. The molecule has 2 rings (SSSR count). The SMILES string of the molecule is CNC(=O)c1cccc(NC(=O)c2ccc(Br)c(S(=O)(=O)N(C)C)c2)c1C. The quantitative estimate of drug-likeness (QED) is 0.726. The summed E-state index contributed by atoms with van der Waals surface area (Å²) in [6.07, 6.45) is 0. The van der Waals surface area contributed by atoms with Crippen molar-refractivity contribution < 1.29 is 18.0 Å². The zero-order chi connectivity index (χ0) is 20.4. The Hall–Kier alpha value is -2.23. The van der Waals surface area contributed by atoms with Crippen molar-refractivity contribution in [2.75, 3.05) is 26.5 Å². The van der Waals surface area contributed by atoms with Crippen molar-refractivity contribution in [3.63, 3.8) is 0 Å². The first-order valence-electron chi connectivity index (χ1n) is 7.94. The second-order valence-corrected chi connectivity index (χ2v) is 8.92. The molecule has 0 radical (unpaired) electrons. The molecule has 0 aromatic heterocycles. The lowest BCUT2D eigenvalue weighted by Gasteiger charge is -2.15. The smallest absolute Gasteiger partial charge is 0.255 e. The first-order valence-corrected chi connectivity index (χ1v) is 10.2. The van der Waals surface area contributed by atoms with Crippen LogP contribution in [0.5, 0.6) is 0 Å². The highest BCUT2D eigenvalue weighted by Gasteiger charge is 2.22. The number of hydrogen-bond acceptors (Lipinski definition) is 4. The average molecular weight is 454 g/mol. The maximum Gasteiger partial charge on any atom is 0.255 e. The Balaban J connectivity index is 2.40. The number of halogens is 1. The van der Waals surface area contributed by atoms with Gasteiger partial charge in [0.05, 0.1) is 4.90 Å². The maximum absolute atomic E-state index is 12.6. The lowest BCUT2D eigenvalue weighted by molar-refractivity contribution is 0.0960. The number of sulfonamides is 1. The molecule has 2 aromatic carbocycles. The summed E-state index contributed by atoms with van der Waals surface area (Å²) in [5, 5.41) is 5.28. The van der Waals surface area contributed by atoms with Gasteiger partial charge >= 0.3 is 0 Å². The molecule has 0 aliphatic heterocycles. The van der Waals surface area contributed by atoms with Gasteiger partial charge in [0.25, 0.3) is 11.8 Å². The number of rotatable bonds is 5. The minimum atomic E-state index is -3.71. The summed E-state index contributed by atoms with van der Waals surface area (Å²) in [4.78, 5) is 24.5.